The van der Waals surface area contributed by atoms with Crippen LogP contribution in [0.15, 0.2) is 23.4 Å². The molecule has 0 saturated carbocycles. The number of hydrogen-bond acceptors (Lipinski definition) is 8. The fourth-order valence-corrected chi connectivity index (χ4v) is 1.92. The molecule has 0 aromatic heterocycles. The van der Waals surface area contributed by atoms with E-state index in [0.29, 0.717) is 6.54 Å². The summed E-state index contributed by atoms with van der Waals surface area (Å²) in [6.45, 7) is 4.29. The van der Waals surface area contributed by atoms with Gasteiger partial charge in [-0.05, 0) is 29.8 Å². The van der Waals surface area contributed by atoms with E-state index in [4.69, 9.17) is 9.47 Å². The molecule has 0 radical (unpaired) electrons. The third-order valence-corrected chi connectivity index (χ3v) is 3.10. The first kappa shape index (κ1) is 17.2. The molecular weight excluding hydrogens is 348 g/mol. The zero-order valence-electron chi connectivity index (χ0n) is 12.1. The minimum atomic E-state index is -0.938. The van der Waals surface area contributed by atoms with Gasteiger partial charge in [0.25, 0.3) is 11.8 Å². The molecule has 1 heterocycles. The highest BCUT2D eigenvalue weighted by Crippen LogP contribution is 2.26. The molecule has 0 aromatic carbocycles. The lowest BCUT2D eigenvalue weighted by molar-refractivity contribution is 0.0633. The molecule has 0 spiro atoms. The summed E-state index contributed by atoms with van der Waals surface area (Å²) in [7, 11) is 2.35. The van der Waals surface area contributed by atoms with Crippen molar-refractivity contribution in [2.24, 2.45) is 0 Å². The van der Waals surface area contributed by atoms with E-state index in [0.717, 1.165) is 5.57 Å². The molecule has 8 nitrogen and oxygen atoms in total. The van der Waals surface area contributed by atoms with E-state index in [9.17, 15) is 9.59 Å². The number of nitrogens with one attached hydrogen (secondary N) is 1. The van der Waals surface area contributed by atoms with Crippen molar-refractivity contribution in [1.29, 1.82) is 0 Å². The van der Waals surface area contributed by atoms with Gasteiger partial charge in [0.1, 0.15) is 0 Å². The molecule has 1 unspecified atom stereocenters. The van der Waals surface area contributed by atoms with Crippen LogP contribution in [0.1, 0.15) is 13.8 Å². The summed E-state index contributed by atoms with van der Waals surface area (Å²) >= 11 is 3.34. The van der Waals surface area contributed by atoms with Gasteiger partial charge in [-0.25, -0.2) is 9.59 Å². The molecular formula is C12H17BrN2O6. The first-order valence-electron chi connectivity index (χ1n) is 5.95. The number of methoxy groups -OCH3 is 2. The van der Waals surface area contributed by atoms with Crippen LogP contribution in [0.3, 0.4) is 0 Å². The minimum absolute atomic E-state index is 0.0200. The Labute approximate surface area is 130 Å². The Kier molecular flexibility index (Phi) is 6.35. The normalized spacial score (nSPS) is 17.0. The van der Waals surface area contributed by atoms with Crippen molar-refractivity contribution in [3.63, 3.8) is 0 Å². The molecule has 1 aliphatic rings. The highest BCUT2D eigenvalue weighted by molar-refractivity contribution is 9.09. The maximum atomic E-state index is 11.3. The minimum Gasteiger partial charge on any atom is -0.437 e. The molecule has 1 N–H and O–H groups in total. The molecule has 0 bridgehead atoms. The van der Waals surface area contributed by atoms with Crippen LogP contribution in [0.25, 0.3) is 0 Å². The van der Waals surface area contributed by atoms with Gasteiger partial charge in [0.05, 0.1) is 14.2 Å². The van der Waals surface area contributed by atoms with Gasteiger partial charge in [0, 0.05) is 6.54 Å². The Bertz CT molecular complexity index is 472. The zero-order valence-corrected chi connectivity index (χ0v) is 13.7. The Hall–Kier alpha value is -1.90. The predicted molar refractivity (Wildman–Crippen MR) is 76.0 cm³/mol. The van der Waals surface area contributed by atoms with Crippen LogP contribution in [-0.2, 0) is 18.9 Å². The first-order chi connectivity index (χ1) is 9.88. The number of alkyl halides is 1. The molecule has 9 heteroatoms. The fourth-order valence-electron chi connectivity index (χ4n) is 1.36. The molecule has 0 aromatic rings. The van der Waals surface area contributed by atoms with E-state index in [2.05, 4.69) is 30.7 Å². The number of hydrogen-bond donors (Lipinski definition) is 1. The maximum absolute atomic E-state index is 11.3. The second-order valence-electron chi connectivity index (χ2n) is 4.16. The predicted octanol–water partition coefficient (Wildman–Crippen LogP) is 2.23. The quantitative estimate of drug-likeness (QED) is 0.351. The smallest absolute Gasteiger partial charge is 0.437 e. The molecule has 0 saturated heterocycles. The number of carbonyl (C=O) groups excluding carboxylic acids is 2. The number of ether oxygens (including phenoxy) is 4. The topological polar surface area (TPSA) is 86.3 Å². The van der Waals surface area contributed by atoms with Crippen LogP contribution in [-0.4, -0.2) is 43.1 Å². The Morgan fingerprint density at radius 3 is 2.33 bits per heavy atom. The lowest BCUT2D eigenvalue weighted by atomic mass is 10.3. The van der Waals surface area contributed by atoms with Gasteiger partial charge in [-0.1, -0.05) is 11.6 Å². The SMILES string of the molecule is COC(=O)OC1=C(OC(=O)OC)N(CC=C(C)C)C(Br)N1. The van der Waals surface area contributed by atoms with Gasteiger partial charge in [-0.2, -0.15) is 0 Å². The highest BCUT2D eigenvalue weighted by Gasteiger charge is 2.35. The zero-order chi connectivity index (χ0) is 16.0. The lowest BCUT2D eigenvalue weighted by Gasteiger charge is -2.21. The summed E-state index contributed by atoms with van der Waals surface area (Å²) in [5.41, 5.74) is 1.08. The van der Waals surface area contributed by atoms with Gasteiger partial charge >= 0.3 is 12.3 Å². The summed E-state index contributed by atoms with van der Waals surface area (Å²) < 4.78 is 18.8. The average Bonchev–Trinajstić information content (AvgIpc) is 2.71. The van der Waals surface area contributed by atoms with Crippen LogP contribution >= 0.6 is 15.9 Å². The number of rotatable bonds is 4. The van der Waals surface area contributed by atoms with E-state index >= 15 is 0 Å². The van der Waals surface area contributed by atoms with Gasteiger partial charge in [0.2, 0.25) is 0 Å². The largest absolute Gasteiger partial charge is 0.515 e. The molecule has 118 valence electrons. The summed E-state index contributed by atoms with van der Waals surface area (Å²) in [5, 5.41) is 2.39. The standard InChI is InChI=1S/C12H17BrN2O6/c1-7(2)5-6-15-9(21-12(17)19-4)8(14-10(15)13)20-11(16)18-3/h5,10,14H,6H2,1-4H3. The molecule has 21 heavy (non-hydrogen) atoms. The molecule has 1 atom stereocenters. The second-order valence-corrected chi connectivity index (χ2v) is 5.03. The summed E-state index contributed by atoms with van der Waals surface area (Å²) in [6, 6.07) is 0. The van der Waals surface area contributed by atoms with E-state index in [1.165, 1.54) is 14.2 Å². The van der Waals surface area contributed by atoms with Crippen LogP contribution in [0.4, 0.5) is 9.59 Å². The van der Waals surface area contributed by atoms with Gasteiger partial charge in [-0.15, -0.1) is 0 Å². The Morgan fingerprint density at radius 2 is 1.81 bits per heavy atom. The summed E-state index contributed by atoms with van der Waals surface area (Å²) in [6.07, 6.45) is 0.0475. The lowest BCUT2D eigenvalue weighted by Crippen LogP contribution is -2.33. The van der Waals surface area contributed by atoms with Crippen molar-refractivity contribution in [1.82, 2.24) is 10.2 Å². The molecule has 0 aliphatic carbocycles. The maximum Gasteiger partial charge on any atom is 0.515 e. The Morgan fingerprint density at radius 1 is 1.24 bits per heavy atom. The third-order valence-electron chi connectivity index (χ3n) is 2.37. The highest BCUT2D eigenvalue weighted by atomic mass is 79.9. The van der Waals surface area contributed by atoms with Crippen molar-refractivity contribution in [3.05, 3.63) is 23.4 Å². The van der Waals surface area contributed by atoms with Crippen LogP contribution in [0.5, 0.6) is 0 Å². The van der Waals surface area contributed by atoms with Gasteiger partial charge in [0.15, 0.2) is 5.08 Å². The number of carbonyl (C=O) groups is 2. The van der Waals surface area contributed by atoms with Crippen molar-refractivity contribution in [2.75, 3.05) is 20.8 Å². The number of allylic oxidation sites excluding steroid dienone is 1. The van der Waals surface area contributed by atoms with Crippen molar-refractivity contribution >= 4 is 28.2 Å². The molecule has 0 amide bonds. The van der Waals surface area contributed by atoms with E-state index in [1.54, 1.807) is 4.90 Å². The van der Waals surface area contributed by atoms with Crippen molar-refractivity contribution in [2.45, 2.75) is 18.9 Å². The van der Waals surface area contributed by atoms with E-state index in [1.807, 2.05) is 19.9 Å². The average molecular weight is 365 g/mol. The monoisotopic (exact) mass is 364 g/mol. The van der Waals surface area contributed by atoms with Crippen molar-refractivity contribution < 1.29 is 28.5 Å². The van der Waals surface area contributed by atoms with Gasteiger partial charge in [-0.3, -0.25) is 0 Å². The summed E-state index contributed by atoms with van der Waals surface area (Å²) in [5.74, 6) is -0.0251. The van der Waals surface area contributed by atoms with Crippen molar-refractivity contribution in [3.8, 4) is 0 Å². The number of halogens is 1. The van der Waals surface area contributed by atoms with E-state index < -0.39 is 17.4 Å². The second kappa shape index (κ2) is 7.77. The summed E-state index contributed by atoms with van der Waals surface area (Å²) in [4.78, 5) is 24.2. The van der Waals surface area contributed by atoms with Crippen LogP contribution in [0, 0.1) is 0 Å². The Balaban J connectivity index is 3.00. The van der Waals surface area contributed by atoms with Crippen LogP contribution in [0.2, 0.25) is 0 Å². The molecule has 1 rings (SSSR count). The molecule has 0 fully saturated rings. The fraction of sp³-hybridized carbons (Fsp3) is 0.500. The van der Waals surface area contributed by atoms with E-state index in [-0.39, 0.29) is 11.8 Å². The first-order valence-corrected chi connectivity index (χ1v) is 6.87. The van der Waals surface area contributed by atoms with Crippen LogP contribution < -0.4 is 5.32 Å². The third kappa shape index (κ3) is 4.85. The number of nitrogens with zero attached hydrogens (tertiary/aromatic N) is 1. The van der Waals surface area contributed by atoms with Gasteiger partial charge < -0.3 is 29.2 Å². The molecule has 1 aliphatic heterocycles.